The number of fused-ring (bicyclic) bond motifs is 3. The van der Waals surface area contributed by atoms with Crippen molar-refractivity contribution < 1.29 is 0 Å². The minimum atomic E-state index is 1.07. The highest BCUT2D eigenvalue weighted by atomic mass is 15.0. The lowest BCUT2D eigenvalue weighted by Gasteiger charge is -2.04. The molecule has 1 nitrogen and oxygen atoms in total. The van der Waals surface area contributed by atoms with Gasteiger partial charge in [-0.1, -0.05) is 43.8 Å². The SMILES string of the molecule is C=Cc1ccc2c(c1)c1ccccc1n2CCC. The summed E-state index contributed by atoms with van der Waals surface area (Å²) in [5.74, 6) is 0. The van der Waals surface area contributed by atoms with Gasteiger partial charge in [0.2, 0.25) is 0 Å². The lowest BCUT2D eigenvalue weighted by Crippen LogP contribution is -1.95. The van der Waals surface area contributed by atoms with Gasteiger partial charge < -0.3 is 4.57 Å². The van der Waals surface area contributed by atoms with Crippen molar-refractivity contribution in [1.82, 2.24) is 4.57 Å². The summed E-state index contributed by atoms with van der Waals surface area (Å²) in [6.07, 6.45) is 3.06. The van der Waals surface area contributed by atoms with Crippen LogP contribution in [-0.4, -0.2) is 4.57 Å². The molecule has 0 unspecified atom stereocenters. The molecule has 0 saturated carbocycles. The van der Waals surface area contributed by atoms with Crippen LogP contribution in [0.3, 0.4) is 0 Å². The molecule has 0 radical (unpaired) electrons. The number of hydrogen-bond donors (Lipinski definition) is 0. The van der Waals surface area contributed by atoms with Crippen LogP contribution in [0, 0.1) is 0 Å². The number of nitrogens with zero attached hydrogens (tertiary/aromatic N) is 1. The summed E-state index contributed by atoms with van der Waals surface area (Å²) in [4.78, 5) is 0. The molecule has 0 fully saturated rings. The largest absolute Gasteiger partial charge is 0.340 e. The van der Waals surface area contributed by atoms with Crippen LogP contribution in [0.1, 0.15) is 18.9 Å². The van der Waals surface area contributed by atoms with E-state index >= 15 is 0 Å². The van der Waals surface area contributed by atoms with Gasteiger partial charge in [-0.2, -0.15) is 0 Å². The van der Waals surface area contributed by atoms with E-state index in [9.17, 15) is 0 Å². The van der Waals surface area contributed by atoms with Crippen molar-refractivity contribution in [3.05, 3.63) is 54.6 Å². The maximum Gasteiger partial charge on any atom is 0.0491 e. The molecule has 1 aromatic heterocycles. The molecule has 0 saturated heterocycles. The number of rotatable bonds is 3. The summed E-state index contributed by atoms with van der Waals surface area (Å²) in [6, 6.07) is 15.2. The van der Waals surface area contributed by atoms with Crippen molar-refractivity contribution >= 4 is 27.9 Å². The first-order chi connectivity index (χ1) is 8.85. The molecule has 0 aliphatic carbocycles. The van der Waals surface area contributed by atoms with Crippen molar-refractivity contribution in [2.24, 2.45) is 0 Å². The average Bonchev–Trinajstić information content (AvgIpc) is 2.74. The van der Waals surface area contributed by atoms with Crippen LogP contribution in [-0.2, 0) is 6.54 Å². The Hall–Kier alpha value is -2.02. The second kappa shape index (κ2) is 4.34. The zero-order chi connectivity index (χ0) is 12.5. The van der Waals surface area contributed by atoms with Crippen LogP contribution < -0.4 is 0 Å². The summed E-state index contributed by atoms with van der Waals surface area (Å²) in [6.45, 7) is 7.14. The lowest BCUT2D eigenvalue weighted by atomic mass is 10.1. The molecule has 0 atom stereocenters. The van der Waals surface area contributed by atoms with Gasteiger partial charge in [0.25, 0.3) is 0 Å². The monoisotopic (exact) mass is 235 g/mol. The minimum Gasteiger partial charge on any atom is -0.340 e. The summed E-state index contributed by atoms with van der Waals surface area (Å²) < 4.78 is 2.41. The molecular weight excluding hydrogens is 218 g/mol. The van der Waals surface area contributed by atoms with E-state index in [4.69, 9.17) is 0 Å². The van der Waals surface area contributed by atoms with Gasteiger partial charge in [-0.25, -0.2) is 0 Å². The predicted octanol–water partition coefficient (Wildman–Crippen LogP) is 4.85. The maximum absolute atomic E-state index is 3.85. The van der Waals surface area contributed by atoms with E-state index in [-0.39, 0.29) is 0 Å². The number of benzene rings is 2. The quantitative estimate of drug-likeness (QED) is 0.611. The van der Waals surface area contributed by atoms with Gasteiger partial charge >= 0.3 is 0 Å². The van der Waals surface area contributed by atoms with Crippen LogP contribution in [0.2, 0.25) is 0 Å². The molecule has 0 N–H and O–H groups in total. The molecular formula is C17H17N. The third kappa shape index (κ3) is 1.55. The van der Waals surface area contributed by atoms with Gasteiger partial charge in [0.15, 0.2) is 0 Å². The van der Waals surface area contributed by atoms with Gasteiger partial charge in [-0.15, -0.1) is 0 Å². The Labute approximate surface area is 107 Å². The van der Waals surface area contributed by atoms with Gasteiger partial charge in [-0.05, 0) is 30.2 Å². The Morgan fingerprint density at radius 2 is 1.83 bits per heavy atom. The van der Waals surface area contributed by atoms with Gasteiger partial charge in [0.1, 0.15) is 0 Å². The zero-order valence-corrected chi connectivity index (χ0v) is 10.7. The highest BCUT2D eigenvalue weighted by Crippen LogP contribution is 2.30. The smallest absolute Gasteiger partial charge is 0.0491 e. The van der Waals surface area contributed by atoms with Crippen LogP contribution in [0.25, 0.3) is 27.9 Å². The fourth-order valence-corrected chi connectivity index (χ4v) is 2.66. The van der Waals surface area contributed by atoms with Crippen LogP contribution in [0.4, 0.5) is 0 Å². The van der Waals surface area contributed by atoms with Crippen molar-refractivity contribution in [1.29, 1.82) is 0 Å². The summed E-state index contributed by atoms with van der Waals surface area (Å²) >= 11 is 0. The van der Waals surface area contributed by atoms with Gasteiger partial charge in [0, 0.05) is 28.4 Å². The molecule has 0 aliphatic rings. The van der Waals surface area contributed by atoms with Crippen molar-refractivity contribution in [3.63, 3.8) is 0 Å². The van der Waals surface area contributed by atoms with E-state index in [1.54, 1.807) is 0 Å². The molecule has 3 rings (SSSR count). The van der Waals surface area contributed by atoms with E-state index in [0.717, 1.165) is 13.0 Å². The van der Waals surface area contributed by atoms with Crippen molar-refractivity contribution in [2.75, 3.05) is 0 Å². The summed E-state index contributed by atoms with van der Waals surface area (Å²) in [5, 5.41) is 2.67. The van der Waals surface area contributed by atoms with Gasteiger partial charge in [0.05, 0.1) is 0 Å². The third-order valence-corrected chi connectivity index (χ3v) is 3.48. The Morgan fingerprint density at radius 3 is 2.61 bits per heavy atom. The van der Waals surface area contributed by atoms with Gasteiger partial charge in [-0.3, -0.25) is 0 Å². The predicted molar refractivity (Wildman–Crippen MR) is 79.8 cm³/mol. The second-order valence-electron chi connectivity index (χ2n) is 4.65. The number of hydrogen-bond acceptors (Lipinski definition) is 0. The Balaban J connectivity index is 2.45. The Kier molecular flexibility index (Phi) is 2.67. The van der Waals surface area contributed by atoms with E-state index in [2.05, 4.69) is 60.5 Å². The molecule has 0 bridgehead atoms. The first-order valence-electron chi connectivity index (χ1n) is 6.48. The standard InChI is InChI=1S/C17H17N/c1-3-11-18-16-8-6-5-7-14(16)15-12-13(4-2)9-10-17(15)18/h4-10,12H,2-3,11H2,1H3. The van der Waals surface area contributed by atoms with E-state index in [1.165, 1.54) is 27.4 Å². The summed E-state index contributed by atoms with van der Waals surface area (Å²) in [5.41, 5.74) is 3.83. The molecule has 1 heterocycles. The fraction of sp³-hybridized carbons (Fsp3) is 0.176. The topological polar surface area (TPSA) is 4.93 Å². The first kappa shape index (κ1) is 11.1. The zero-order valence-electron chi connectivity index (χ0n) is 10.7. The van der Waals surface area contributed by atoms with Crippen LogP contribution in [0.15, 0.2) is 49.0 Å². The normalized spacial score (nSPS) is 11.2. The molecule has 1 heteroatoms. The van der Waals surface area contributed by atoms with E-state index < -0.39 is 0 Å². The Morgan fingerprint density at radius 1 is 1.06 bits per heavy atom. The van der Waals surface area contributed by atoms with E-state index in [0.29, 0.717) is 0 Å². The van der Waals surface area contributed by atoms with Crippen LogP contribution in [0.5, 0.6) is 0 Å². The molecule has 0 amide bonds. The van der Waals surface area contributed by atoms with Crippen molar-refractivity contribution in [3.8, 4) is 0 Å². The third-order valence-electron chi connectivity index (χ3n) is 3.48. The number of para-hydroxylation sites is 1. The highest BCUT2D eigenvalue weighted by molar-refractivity contribution is 6.08. The molecule has 0 spiro atoms. The fourth-order valence-electron chi connectivity index (χ4n) is 2.66. The molecule has 0 aliphatic heterocycles. The molecule has 90 valence electrons. The molecule has 3 aromatic rings. The number of aromatic nitrogens is 1. The van der Waals surface area contributed by atoms with E-state index in [1.807, 2.05) is 6.08 Å². The lowest BCUT2D eigenvalue weighted by molar-refractivity contribution is 0.724. The maximum atomic E-state index is 3.85. The second-order valence-corrected chi connectivity index (χ2v) is 4.65. The van der Waals surface area contributed by atoms with Crippen molar-refractivity contribution in [2.45, 2.75) is 19.9 Å². The summed E-state index contributed by atoms with van der Waals surface area (Å²) in [7, 11) is 0. The first-order valence-corrected chi connectivity index (χ1v) is 6.48. The molecule has 2 aromatic carbocycles. The molecule has 18 heavy (non-hydrogen) atoms. The Bertz CT molecular complexity index is 719. The highest BCUT2D eigenvalue weighted by Gasteiger charge is 2.09. The van der Waals surface area contributed by atoms with Crippen LogP contribution >= 0.6 is 0 Å². The average molecular weight is 235 g/mol. The number of aryl methyl sites for hydroxylation is 1. The minimum absolute atomic E-state index is 1.07.